The lowest BCUT2D eigenvalue weighted by Gasteiger charge is -2.33. The summed E-state index contributed by atoms with van der Waals surface area (Å²) < 4.78 is 15.3. The van der Waals surface area contributed by atoms with Crippen molar-refractivity contribution in [1.82, 2.24) is 24.8 Å². The van der Waals surface area contributed by atoms with E-state index in [0.29, 0.717) is 22.9 Å². The Bertz CT molecular complexity index is 1170. The zero-order chi connectivity index (χ0) is 20.2. The number of amides is 1. The van der Waals surface area contributed by atoms with Crippen molar-refractivity contribution in [2.75, 3.05) is 6.54 Å². The van der Waals surface area contributed by atoms with Crippen LogP contribution in [0.3, 0.4) is 0 Å². The number of halogens is 1. The van der Waals surface area contributed by atoms with E-state index >= 15 is 0 Å². The third kappa shape index (κ3) is 3.14. The Morgan fingerprint density at radius 1 is 1.28 bits per heavy atom. The van der Waals surface area contributed by atoms with Crippen LogP contribution in [0.2, 0.25) is 0 Å². The van der Waals surface area contributed by atoms with Gasteiger partial charge in [0.25, 0.3) is 5.91 Å². The Balaban J connectivity index is 1.57. The highest BCUT2D eigenvalue weighted by Crippen LogP contribution is 2.39. The number of H-pyrrole nitrogens is 1. The maximum Gasteiger partial charge on any atom is 0.266 e. The topological polar surface area (TPSA) is 74.8 Å². The second-order valence-corrected chi connectivity index (χ2v) is 9.53. The van der Waals surface area contributed by atoms with E-state index in [4.69, 9.17) is 4.98 Å². The zero-order valence-electron chi connectivity index (χ0n) is 15.8. The number of aromatic amines is 1. The van der Waals surface area contributed by atoms with E-state index in [9.17, 15) is 9.18 Å². The minimum atomic E-state index is -1.58. The summed E-state index contributed by atoms with van der Waals surface area (Å²) in [4.78, 5) is 32.2. The van der Waals surface area contributed by atoms with Gasteiger partial charge in [-0.15, -0.1) is 22.7 Å². The van der Waals surface area contributed by atoms with Crippen molar-refractivity contribution >= 4 is 38.8 Å². The summed E-state index contributed by atoms with van der Waals surface area (Å²) in [6, 6.07) is 7.54. The Labute approximate surface area is 174 Å². The molecule has 0 saturated carbocycles. The van der Waals surface area contributed by atoms with Gasteiger partial charge in [0.1, 0.15) is 20.9 Å². The molecule has 0 bridgehead atoms. The summed E-state index contributed by atoms with van der Waals surface area (Å²) in [6.07, 6.45) is 3.82. The molecule has 0 spiro atoms. The Hall–Kier alpha value is -2.65. The van der Waals surface area contributed by atoms with Crippen LogP contribution in [0.25, 0.3) is 10.2 Å². The first-order valence-electron chi connectivity index (χ1n) is 9.25. The standard InChI is InChI=1S/C20H18FN5OS2/c1-20(2,21)19-22-9-14(29-19)18(27)26-8-7-12-15(24-10-23-12)16(26)17-25-11-5-3-4-6-13(11)28-17/h3-6,9-10,16H,7-8H2,1-2H3,(H,23,24)/t16-/m0/s1. The fraction of sp³-hybridized carbons (Fsp3) is 0.300. The van der Waals surface area contributed by atoms with Crippen molar-refractivity contribution in [1.29, 1.82) is 0 Å². The van der Waals surface area contributed by atoms with Gasteiger partial charge in [-0.1, -0.05) is 12.1 Å². The largest absolute Gasteiger partial charge is 0.348 e. The molecule has 3 aromatic heterocycles. The number of nitrogens with one attached hydrogen (secondary N) is 1. The van der Waals surface area contributed by atoms with Crippen molar-refractivity contribution in [3.8, 4) is 0 Å². The normalized spacial score (nSPS) is 16.9. The maximum atomic E-state index is 14.3. The van der Waals surface area contributed by atoms with Crippen molar-refractivity contribution in [2.24, 2.45) is 0 Å². The van der Waals surface area contributed by atoms with Gasteiger partial charge in [-0.3, -0.25) is 4.79 Å². The second kappa shape index (κ2) is 6.70. The minimum Gasteiger partial charge on any atom is -0.348 e. The zero-order valence-corrected chi connectivity index (χ0v) is 17.5. The number of alkyl halides is 1. The number of imidazole rings is 1. The molecule has 148 valence electrons. The van der Waals surface area contributed by atoms with Crippen molar-refractivity contribution in [3.63, 3.8) is 0 Å². The lowest BCUT2D eigenvalue weighted by molar-refractivity contribution is 0.0695. The molecule has 6 nitrogen and oxygen atoms in total. The molecule has 0 unspecified atom stereocenters. The third-order valence-electron chi connectivity index (χ3n) is 4.96. The number of rotatable bonds is 3. The number of para-hydroxylation sites is 1. The van der Waals surface area contributed by atoms with Crippen LogP contribution in [0.5, 0.6) is 0 Å². The van der Waals surface area contributed by atoms with Crippen LogP contribution in [0, 0.1) is 0 Å². The molecular formula is C20H18FN5OS2. The summed E-state index contributed by atoms with van der Waals surface area (Å²) in [6.45, 7) is 3.42. The molecule has 1 atom stereocenters. The molecule has 4 aromatic rings. The molecule has 1 N–H and O–H groups in total. The number of aromatic nitrogens is 4. The van der Waals surface area contributed by atoms with Crippen molar-refractivity contribution in [2.45, 2.75) is 32.0 Å². The molecule has 1 aliphatic rings. The number of nitrogens with zero attached hydrogens (tertiary/aromatic N) is 4. The van der Waals surface area contributed by atoms with Gasteiger partial charge >= 0.3 is 0 Å². The summed E-state index contributed by atoms with van der Waals surface area (Å²) >= 11 is 2.67. The number of benzene rings is 1. The molecule has 1 aromatic carbocycles. The highest BCUT2D eigenvalue weighted by molar-refractivity contribution is 7.18. The van der Waals surface area contributed by atoms with E-state index in [-0.39, 0.29) is 11.9 Å². The second-order valence-electron chi connectivity index (χ2n) is 7.44. The molecule has 0 radical (unpaired) electrons. The Morgan fingerprint density at radius 2 is 2.10 bits per heavy atom. The summed E-state index contributed by atoms with van der Waals surface area (Å²) in [5, 5.41) is 1.12. The molecule has 4 heterocycles. The minimum absolute atomic E-state index is 0.170. The number of hydrogen-bond donors (Lipinski definition) is 1. The number of carbonyl (C=O) groups excluding carboxylic acids is 1. The predicted molar refractivity (Wildman–Crippen MR) is 111 cm³/mol. The van der Waals surface area contributed by atoms with E-state index in [2.05, 4.69) is 15.0 Å². The van der Waals surface area contributed by atoms with Gasteiger partial charge in [-0.2, -0.15) is 0 Å². The van der Waals surface area contributed by atoms with E-state index in [1.807, 2.05) is 24.3 Å². The smallest absolute Gasteiger partial charge is 0.266 e. The van der Waals surface area contributed by atoms with E-state index in [1.54, 1.807) is 22.6 Å². The van der Waals surface area contributed by atoms with Crippen molar-refractivity contribution in [3.05, 3.63) is 63.1 Å². The monoisotopic (exact) mass is 427 g/mol. The highest BCUT2D eigenvalue weighted by Gasteiger charge is 2.37. The Morgan fingerprint density at radius 3 is 2.86 bits per heavy atom. The first-order chi connectivity index (χ1) is 13.9. The molecular weight excluding hydrogens is 409 g/mol. The number of fused-ring (bicyclic) bond motifs is 2. The van der Waals surface area contributed by atoms with Crippen LogP contribution in [0.15, 0.2) is 36.8 Å². The van der Waals surface area contributed by atoms with Crippen LogP contribution in [0.4, 0.5) is 4.39 Å². The highest BCUT2D eigenvalue weighted by atomic mass is 32.1. The quantitative estimate of drug-likeness (QED) is 0.524. The van der Waals surface area contributed by atoms with Gasteiger partial charge in [-0.05, 0) is 26.0 Å². The lowest BCUT2D eigenvalue weighted by atomic mass is 10.0. The third-order valence-corrected chi connectivity index (χ3v) is 7.33. The van der Waals surface area contributed by atoms with Crippen molar-refractivity contribution < 1.29 is 9.18 Å². The van der Waals surface area contributed by atoms with Gasteiger partial charge in [0, 0.05) is 18.7 Å². The predicted octanol–water partition coefficient (Wildman–Crippen LogP) is 4.47. The average molecular weight is 428 g/mol. The van der Waals surface area contributed by atoms with Crippen LogP contribution in [-0.2, 0) is 12.1 Å². The van der Waals surface area contributed by atoms with Gasteiger partial charge in [0.2, 0.25) is 0 Å². The Kier molecular flexibility index (Phi) is 4.25. The van der Waals surface area contributed by atoms with E-state index < -0.39 is 5.67 Å². The van der Waals surface area contributed by atoms with Gasteiger partial charge in [-0.25, -0.2) is 19.3 Å². The molecule has 0 fully saturated rings. The average Bonchev–Trinajstić information content (AvgIpc) is 3.44. The molecule has 29 heavy (non-hydrogen) atoms. The van der Waals surface area contributed by atoms with E-state index in [1.165, 1.54) is 20.0 Å². The molecule has 1 aliphatic heterocycles. The fourth-order valence-electron chi connectivity index (χ4n) is 3.54. The first-order valence-corrected chi connectivity index (χ1v) is 10.9. The van der Waals surface area contributed by atoms with E-state index in [0.717, 1.165) is 37.9 Å². The van der Waals surface area contributed by atoms with Gasteiger partial charge in [0.05, 0.1) is 28.4 Å². The SMILES string of the molecule is CC(C)(F)c1ncc(C(=O)N2CCc3[nH]cnc3[C@H]2c2nc3ccccc3s2)s1. The van der Waals surface area contributed by atoms with Crippen LogP contribution in [0.1, 0.15) is 51.0 Å². The number of thiazole rings is 2. The summed E-state index contributed by atoms with van der Waals surface area (Å²) in [5.74, 6) is -0.170. The summed E-state index contributed by atoms with van der Waals surface area (Å²) in [5.41, 5.74) is 1.17. The molecule has 0 aliphatic carbocycles. The molecule has 0 saturated heterocycles. The number of carbonyl (C=O) groups is 1. The van der Waals surface area contributed by atoms with Gasteiger partial charge in [0.15, 0.2) is 5.67 Å². The molecule has 5 rings (SSSR count). The van der Waals surface area contributed by atoms with Crippen LogP contribution in [-0.4, -0.2) is 37.3 Å². The van der Waals surface area contributed by atoms with Crippen LogP contribution < -0.4 is 0 Å². The van der Waals surface area contributed by atoms with Gasteiger partial charge < -0.3 is 9.88 Å². The maximum absolute atomic E-state index is 14.3. The molecule has 1 amide bonds. The lowest BCUT2D eigenvalue weighted by Crippen LogP contribution is -2.40. The summed E-state index contributed by atoms with van der Waals surface area (Å²) in [7, 11) is 0. The molecule has 9 heteroatoms. The fourth-order valence-corrected chi connectivity index (χ4v) is 5.49. The number of hydrogen-bond acceptors (Lipinski definition) is 6. The first kappa shape index (κ1) is 18.4. The van der Waals surface area contributed by atoms with Crippen LogP contribution >= 0.6 is 22.7 Å².